The number of azo groups is 1. The van der Waals surface area contributed by atoms with Crippen molar-refractivity contribution >= 4 is 34.5 Å². The van der Waals surface area contributed by atoms with Gasteiger partial charge in [-0.25, -0.2) is 4.98 Å². The van der Waals surface area contributed by atoms with Gasteiger partial charge in [0.25, 0.3) is 5.91 Å². The highest BCUT2D eigenvalue weighted by Crippen LogP contribution is 2.40. The summed E-state index contributed by atoms with van der Waals surface area (Å²) in [7, 11) is 1.64. The quantitative estimate of drug-likeness (QED) is 0.317. The zero-order valence-electron chi connectivity index (χ0n) is 17.1. The highest BCUT2D eigenvalue weighted by molar-refractivity contribution is 7.11. The molecule has 1 atom stereocenters. The van der Waals surface area contributed by atoms with Crippen LogP contribution in [0.4, 0.5) is 11.4 Å². The van der Waals surface area contributed by atoms with Crippen molar-refractivity contribution < 1.29 is 9.59 Å². The number of aromatic nitrogens is 3. The first-order valence-corrected chi connectivity index (χ1v) is 11.0. The number of hydrogen-bond acceptors (Lipinski definition) is 7. The monoisotopic (exact) mass is 437 g/mol. The summed E-state index contributed by atoms with van der Waals surface area (Å²) in [5.74, 6) is 0.574. The third kappa shape index (κ3) is 5.02. The molecule has 4 rings (SSSR count). The normalized spacial score (nSPS) is 12.7. The van der Waals surface area contributed by atoms with Crippen LogP contribution in [0.3, 0.4) is 0 Å². The van der Waals surface area contributed by atoms with E-state index in [2.05, 4.69) is 35.8 Å². The van der Waals surface area contributed by atoms with Crippen molar-refractivity contribution in [2.24, 2.45) is 10.2 Å². The van der Waals surface area contributed by atoms with E-state index in [1.54, 1.807) is 25.0 Å². The molecule has 10 heteroatoms. The number of H-pyrrole nitrogens is 1. The van der Waals surface area contributed by atoms with E-state index in [1.807, 2.05) is 18.2 Å². The molecule has 160 valence electrons. The fraction of sp³-hybridized carbons (Fsp3) is 0.333. The topological polar surface area (TPSA) is 124 Å². The molecular formula is C21H23N7O2S. The minimum absolute atomic E-state index is 0.0452. The Morgan fingerprint density at radius 1 is 1.13 bits per heavy atom. The maximum atomic E-state index is 12.6. The number of aromatic amines is 1. The van der Waals surface area contributed by atoms with Crippen molar-refractivity contribution in [3.05, 3.63) is 46.8 Å². The van der Waals surface area contributed by atoms with E-state index in [0.717, 1.165) is 41.9 Å². The van der Waals surface area contributed by atoms with Gasteiger partial charge in [0.2, 0.25) is 5.91 Å². The second kappa shape index (κ2) is 9.61. The molecule has 2 aromatic heterocycles. The van der Waals surface area contributed by atoms with E-state index in [9.17, 15) is 9.59 Å². The Morgan fingerprint density at radius 3 is 2.71 bits per heavy atom. The van der Waals surface area contributed by atoms with Crippen molar-refractivity contribution in [3.8, 4) is 11.3 Å². The lowest BCUT2D eigenvalue weighted by Crippen LogP contribution is -2.28. The third-order valence-corrected chi connectivity index (χ3v) is 5.89. The molecule has 1 aliphatic rings. The Kier molecular flexibility index (Phi) is 6.46. The van der Waals surface area contributed by atoms with E-state index in [4.69, 9.17) is 0 Å². The first-order chi connectivity index (χ1) is 15.1. The highest BCUT2D eigenvalue weighted by atomic mass is 32.1. The molecule has 1 aliphatic heterocycles. The number of amides is 2. The van der Waals surface area contributed by atoms with Gasteiger partial charge in [0.1, 0.15) is 22.1 Å². The molecule has 0 saturated heterocycles. The fourth-order valence-electron chi connectivity index (χ4n) is 3.35. The van der Waals surface area contributed by atoms with Crippen molar-refractivity contribution in [3.63, 3.8) is 0 Å². The van der Waals surface area contributed by atoms with Gasteiger partial charge >= 0.3 is 0 Å². The number of imidazole rings is 1. The van der Waals surface area contributed by atoms with Gasteiger partial charge in [0.05, 0.1) is 29.6 Å². The molecule has 0 unspecified atom stereocenters. The Bertz CT molecular complexity index is 1090. The number of benzene rings is 1. The lowest BCUT2D eigenvalue weighted by molar-refractivity contribution is -0.120. The number of thiazole rings is 1. The predicted molar refractivity (Wildman–Crippen MR) is 118 cm³/mol. The zero-order chi connectivity index (χ0) is 21.6. The van der Waals surface area contributed by atoms with Crippen LogP contribution in [-0.4, -0.2) is 33.8 Å². The molecule has 3 N–H and O–H groups in total. The smallest absolute Gasteiger partial charge is 0.263 e. The van der Waals surface area contributed by atoms with Gasteiger partial charge in [0, 0.05) is 19.0 Å². The van der Waals surface area contributed by atoms with Crippen LogP contribution in [0.5, 0.6) is 0 Å². The molecular weight excluding hydrogens is 414 g/mol. The van der Waals surface area contributed by atoms with Gasteiger partial charge < -0.3 is 15.6 Å². The number of carbonyl (C=O) groups is 2. The Balaban J connectivity index is 1.44. The number of fused-ring (bicyclic) bond motifs is 1. The minimum atomic E-state index is -0.269. The second-order valence-corrected chi connectivity index (χ2v) is 8.14. The molecule has 0 aliphatic carbocycles. The van der Waals surface area contributed by atoms with Crippen LogP contribution < -0.4 is 10.6 Å². The average molecular weight is 438 g/mol. The molecule has 3 aromatic rings. The molecule has 0 radical (unpaired) electrons. The molecule has 0 spiro atoms. The summed E-state index contributed by atoms with van der Waals surface area (Å²) >= 11 is 1.30. The third-order valence-electron chi connectivity index (χ3n) is 5.11. The van der Waals surface area contributed by atoms with Crippen LogP contribution in [0, 0.1) is 0 Å². The van der Waals surface area contributed by atoms with Crippen molar-refractivity contribution in [1.82, 2.24) is 25.6 Å². The maximum Gasteiger partial charge on any atom is 0.263 e. The van der Waals surface area contributed by atoms with Gasteiger partial charge in [-0.2, -0.15) is 0 Å². The van der Waals surface area contributed by atoms with Crippen LogP contribution in [0.25, 0.3) is 11.3 Å². The molecule has 1 aromatic carbocycles. The van der Waals surface area contributed by atoms with Crippen molar-refractivity contribution in [1.29, 1.82) is 0 Å². The van der Waals surface area contributed by atoms with Gasteiger partial charge in [-0.05, 0) is 25.0 Å². The number of carbonyl (C=O) groups excluding carboxylic acids is 2. The van der Waals surface area contributed by atoms with Gasteiger partial charge in [-0.1, -0.05) is 18.9 Å². The second-order valence-electron chi connectivity index (χ2n) is 7.25. The van der Waals surface area contributed by atoms with E-state index in [-0.39, 0.29) is 17.9 Å². The highest BCUT2D eigenvalue weighted by Gasteiger charge is 2.20. The number of unbranched alkanes of at least 4 members (excludes halogenated alkanes) is 2. The Morgan fingerprint density at radius 2 is 2.00 bits per heavy atom. The summed E-state index contributed by atoms with van der Waals surface area (Å²) < 4.78 is 0. The van der Waals surface area contributed by atoms with E-state index in [0.29, 0.717) is 23.5 Å². The summed E-state index contributed by atoms with van der Waals surface area (Å²) in [6.07, 6.45) is 7.11. The van der Waals surface area contributed by atoms with E-state index in [1.165, 1.54) is 11.3 Å². The van der Waals surface area contributed by atoms with E-state index >= 15 is 0 Å². The van der Waals surface area contributed by atoms with E-state index < -0.39 is 0 Å². The number of rotatable bonds is 10. The Hall–Kier alpha value is -3.40. The van der Waals surface area contributed by atoms with Crippen LogP contribution in [0.15, 0.2) is 46.3 Å². The number of hydrogen-bond donors (Lipinski definition) is 3. The zero-order valence-corrected chi connectivity index (χ0v) is 17.9. The molecule has 0 bridgehead atoms. The average Bonchev–Trinajstić information content (AvgIpc) is 3.46. The van der Waals surface area contributed by atoms with Gasteiger partial charge in [-0.15, -0.1) is 21.6 Å². The first-order valence-electron chi connectivity index (χ1n) is 10.1. The maximum absolute atomic E-state index is 12.6. The summed E-state index contributed by atoms with van der Waals surface area (Å²) in [6, 6.07) is 5.59. The van der Waals surface area contributed by atoms with Gasteiger partial charge in [-0.3, -0.25) is 14.6 Å². The summed E-state index contributed by atoms with van der Waals surface area (Å²) in [5.41, 5.74) is 5.21. The standard InChI is InChI=1S/C21H23N7O2S/c1-22-19(29)6-4-2-3-5-15(26-21(30)18-11-23-12-31-18)20-24-10-17(25-20)13-7-8-14-16(9-13)28-27-14/h7-12,15H,2-6H2,1H3,(H,22,29)(H,24,25)(H,26,30)/t15-/m0/s1. The first kappa shape index (κ1) is 20.9. The van der Waals surface area contributed by atoms with Crippen molar-refractivity contribution in [2.45, 2.75) is 38.1 Å². The SMILES string of the molecule is CNC(=O)CCCCC[C@H](NC(=O)c1cncs1)c1ncc(-c2ccc3c(c2)N=N3)[nH]1. The molecule has 0 saturated carbocycles. The fourth-order valence-corrected chi connectivity index (χ4v) is 3.87. The number of nitrogens with zero attached hydrogens (tertiary/aromatic N) is 4. The molecule has 9 nitrogen and oxygen atoms in total. The Labute approximate surface area is 183 Å². The summed E-state index contributed by atoms with van der Waals surface area (Å²) in [4.78, 5) is 36.4. The lowest BCUT2D eigenvalue weighted by atomic mass is 10.1. The van der Waals surface area contributed by atoms with Crippen LogP contribution in [0.2, 0.25) is 0 Å². The summed E-state index contributed by atoms with van der Waals surface area (Å²) in [6.45, 7) is 0. The largest absolute Gasteiger partial charge is 0.359 e. The summed E-state index contributed by atoms with van der Waals surface area (Å²) in [5, 5.41) is 13.7. The molecule has 3 heterocycles. The molecule has 2 amide bonds. The van der Waals surface area contributed by atoms with Crippen LogP contribution in [-0.2, 0) is 4.79 Å². The van der Waals surface area contributed by atoms with Crippen LogP contribution >= 0.6 is 11.3 Å². The molecule has 31 heavy (non-hydrogen) atoms. The predicted octanol–water partition coefficient (Wildman–Crippen LogP) is 4.43. The van der Waals surface area contributed by atoms with Crippen molar-refractivity contribution in [2.75, 3.05) is 7.05 Å². The van der Waals surface area contributed by atoms with Crippen LogP contribution in [0.1, 0.15) is 53.6 Å². The van der Waals surface area contributed by atoms with Gasteiger partial charge in [0.15, 0.2) is 0 Å². The lowest BCUT2D eigenvalue weighted by Gasteiger charge is -2.16. The molecule has 0 fully saturated rings. The number of nitrogens with one attached hydrogen (secondary N) is 3. The minimum Gasteiger partial charge on any atom is -0.359 e.